The fraction of sp³-hybridized carbons (Fsp3) is 0.778. The number of rotatable bonds is 7. The number of carbonyl (C=O) groups excluding carboxylic acids is 1. The van der Waals surface area contributed by atoms with Gasteiger partial charge < -0.3 is 23.6 Å². The molecule has 0 aromatic carbocycles. The predicted octanol–water partition coefficient (Wildman–Crippen LogP) is 4.27. The number of nitrogens with zero attached hydrogens (tertiary/aromatic N) is 3. The molecule has 0 aliphatic carbocycles. The van der Waals surface area contributed by atoms with E-state index in [1.807, 2.05) is 27.7 Å². The Morgan fingerprint density at radius 2 is 1.71 bits per heavy atom. The first kappa shape index (κ1) is 23.1. The minimum absolute atomic E-state index is 0.175. The number of amides is 1. The molecule has 1 aromatic rings. The summed E-state index contributed by atoms with van der Waals surface area (Å²) >= 11 is 1.57. The molecule has 0 saturated carbocycles. The Balaban J connectivity index is 2.00. The number of hydrogen-bond donors (Lipinski definition) is 0. The van der Waals surface area contributed by atoms with Gasteiger partial charge in [0.05, 0.1) is 25.1 Å². The highest BCUT2D eigenvalue weighted by Crippen LogP contribution is 2.52. The lowest BCUT2D eigenvalue weighted by atomic mass is 10.2. The van der Waals surface area contributed by atoms with Crippen LogP contribution in [0.4, 0.5) is 9.93 Å². The predicted molar refractivity (Wildman–Crippen MR) is 111 cm³/mol. The van der Waals surface area contributed by atoms with Crippen LogP contribution in [0.25, 0.3) is 0 Å². The highest BCUT2D eigenvalue weighted by molar-refractivity contribution is 7.53. The number of carbonyl (C=O) groups is 1. The molecular weight excluding hydrogens is 401 g/mol. The average molecular weight is 434 g/mol. The molecule has 0 spiro atoms. The fourth-order valence-electron chi connectivity index (χ4n) is 2.81. The van der Waals surface area contributed by atoms with E-state index >= 15 is 0 Å². The van der Waals surface area contributed by atoms with Crippen LogP contribution >= 0.6 is 18.9 Å². The molecule has 0 unspecified atom stereocenters. The van der Waals surface area contributed by atoms with Crippen LogP contribution in [0.15, 0.2) is 0 Å². The number of ether oxygens (including phenoxy) is 1. The summed E-state index contributed by atoms with van der Waals surface area (Å²) in [5, 5.41) is 0.871. The zero-order chi connectivity index (χ0) is 20.9. The molecule has 160 valence electrons. The number of aryl methyl sites for hydroxylation is 1. The van der Waals surface area contributed by atoms with Gasteiger partial charge in [-0.2, -0.15) is 0 Å². The Kier molecular flexibility index (Phi) is 7.90. The Morgan fingerprint density at radius 3 is 2.21 bits per heavy atom. The van der Waals surface area contributed by atoms with Crippen molar-refractivity contribution in [3.05, 3.63) is 10.6 Å². The first-order valence-electron chi connectivity index (χ1n) is 9.64. The van der Waals surface area contributed by atoms with Gasteiger partial charge in [-0.1, -0.05) is 0 Å². The van der Waals surface area contributed by atoms with E-state index in [9.17, 15) is 9.36 Å². The third-order valence-electron chi connectivity index (χ3n) is 4.08. The minimum Gasteiger partial charge on any atom is -0.444 e. The zero-order valence-electron chi connectivity index (χ0n) is 17.7. The summed E-state index contributed by atoms with van der Waals surface area (Å²) in [6.07, 6.45) is -0.105. The Labute approximate surface area is 171 Å². The molecule has 0 N–H and O–H groups in total. The SMILES string of the molecule is CCOP(=O)(Cc1nc(N2CCN(C(=O)OC(C)(C)C)CC2)sc1C)OCC. The van der Waals surface area contributed by atoms with Gasteiger partial charge in [-0.25, -0.2) is 9.78 Å². The molecular formula is C18H32N3O5PS. The third kappa shape index (κ3) is 6.44. The Hall–Kier alpha value is -1.15. The lowest BCUT2D eigenvalue weighted by Gasteiger charge is -2.35. The van der Waals surface area contributed by atoms with Crippen LogP contribution in [-0.2, 0) is 24.5 Å². The molecule has 2 heterocycles. The van der Waals surface area contributed by atoms with E-state index in [1.54, 1.807) is 30.1 Å². The Bertz CT molecular complexity index is 701. The van der Waals surface area contributed by atoms with Crippen LogP contribution in [0.1, 0.15) is 45.2 Å². The summed E-state index contributed by atoms with van der Waals surface area (Å²) in [7, 11) is -3.18. The van der Waals surface area contributed by atoms with Crippen molar-refractivity contribution in [3.8, 4) is 0 Å². The van der Waals surface area contributed by atoms with Crippen LogP contribution in [0.5, 0.6) is 0 Å². The van der Waals surface area contributed by atoms with E-state index in [1.165, 1.54) is 0 Å². The van der Waals surface area contributed by atoms with Gasteiger partial charge in [-0.05, 0) is 41.5 Å². The van der Waals surface area contributed by atoms with Gasteiger partial charge in [0.1, 0.15) is 5.60 Å². The number of thiazole rings is 1. The molecule has 8 nitrogen and oxygen atoms in total. The monoisotopic (exact) mass is 433 g/mol. The lowest BCUT2D eigenvalue weighted by molar-refractivity contribution is 0.0240. The molecule has 10 heteroatoms. The summed E-state index contributed by atoms with van der Waals surface area (Å²) in [6, 6.07) is 0. The van der Waals surface area contributed by atoms with E-state index < -0.39 is 13.2 Å². The standard InChI is InChI=1S/C18H32N3O5PS/c1-7-24-27(23,25-8-2)13-15-14(3)28-16(19-15)20-9-11-21(12-10-20)17(22)26-18(4,5)6/h7-13H2,1-6H3. The number of aromatic nitrogens is 1. The second-order valence-electron chi connectivity index (χ2n) is 7.56. The number of hydrogen-bond acceptors (Lipinski definition) is 8. The summed E-state index contributed by atoms with van der Waals surface area (Å²) < 4.78 is 29.0. The van der Waals surface area contributed by atoms with Crippen molar-refractivity contribution < 1.29 is 23.1 Å². The van der Waals surface area contributed by atoms with Crippen LogP contribution in [-0.4, -0.2) is 61.0 Å². The minimum atomic E-state index is -3.18. The molecule has 28 heavy (non-hydrogen) atoms. The number of piperazine rings is 1. The third-order valence-corrected chi connectivity index (χ3v) is 7.14. The van der Waals surface area contributed by atoms with Crippen molar-refractivity contribution in [3.63, 3.8) is 0 Å². The quantitative estimate of drug-likeness (QED) is 0.594. The second kappa shape index (κ2) is 9.57. The first-order valence-corrected chi connectivity index (χ1v) is 12.2. The van der Waals surface area contributed by atoms with Gasteiger partial charge in [-0.15, -0.1) is 11.3 Å². The summed E-state index contributed by atoms with van der Waals surface area (Å²) in [5.41, 5.74) is 0.254. The molecule has 2 rings (SSSR count). The molecule has 0 bridgehead atoms. The van der Waals surface area contributed by atoms with Gasteiger partial charge in [0, 0.05) is 31.1 Å². The van der Waals surface area contributed by atoms with Gasteiger partial charge in [0.25, 0.3) is 0 Å². The second-order valence-corrected chi connectivity index (χ2v) is 10.8. The molecule has 1 aliphatic heterocycles. The topological polar surface area (TPSA) is 81.2 Å². The van der Waals surface area contributed by atoms with E-state index in [2.05, 4.69) is 9.88 Å². The van der Waals surface area contributed by atoms with Crippen molar-refractivity contribution in [2.24, 2.45) is 0 Å². The van der Waals surface area contributed by atoms with E-state index in [4.69, 9.17) is 13.8 Å². The van der Waals surface area contributed by atoms with Crippen LogP contribution in [0.3, 0.4) is 0 Å². The molecule has 1 aromatic heterocycles. The van der Waals surface area contributed by atoms with Crippen LogP contribution in [0.2, 0.25) is 0 Å². The lowest BCUT2D eigenvalue weighted by Crippen LogP contribution is -2.50. The van der Waals surface area contributed by atoms with Crippen molar-refractivity contribution in [2.45, 2.75) is 53.3 Å². The molecule has 1 aliphatic rings. The fourth-order valence-corrected chi connectivity index (χ4v) is 5.61. The van der Waals surface area contributed by atoms with Gasteiger partial charge in [-0.3, -0.25) is 4.57 Å². The number of anilines is 1. The largest absolute Gasteiger partial charge is 0.444 e. The summed E-state index contributed by atoms with van der Waals surface area (Å²) in [5.74, 6) is 0. The van der Waals surface area contributed by atoms with Crippen molar-refractivity contribution in [1.29, 1.82) is 0 Å². The normalized spacial score (nSPS) is 15.8. The van der Waals surface area contributed by atoms with Crippen LogP contribution in [0, 0.1) is 6.92 Å². The maximum atomic E-state index is 12.8. The molecule has 0 atom stereocenters. The van der Waals surface area contributed by atoms with Gasteiger partial charge in [0.15, 0.2) is 5.13 Å². The molecule has 1 saturated heterocycles. The van der Waals surface area contributed by atoms with Crippen LogP contribution < -0.4 is 4.90 Å². The van der Waals surface area contributed by atoms with E-state index in [0.717, 1.165) is 15.7 Å². The smallest absolute Gasteiger partial charge is 0.410 e. The Morgan fingerprint density at radius 1 is 1.14 bits per heavy atom. The van der Waals surface area contributed by atoms with Crippen molar-refractivity contribution >= 4 is 30.2 Å². The van der Waals surface area contributed by atoms with Gasteiger partial charge in [0.2, 0.25) is 0 Å². The maximum Gasteiger partial charge on any atom is 0.410 e. The zero-order valence-corrected chi connectivity index (χ0v) is 19.4. The van der Waals surface area contributed by atoms with Crippen molar-refractivity contribution in [1.82, 2.24) is 9.88 Å². The highest BCUT2D eigenvalue weighted by atomic mass is 32.1. The average Bonchev–Trinajstić information content (AvgIpc) is 2.94. The maximum absolute atomic E-state index is 12.8. The molecule has 1 amide bonds. The van der Waals surface area contributed by atoms with E-state index in [-0.39, 0.29) is 12.3 Å². The summed E-state index contributed by atoms with van der Waals surface area (Å²) in [6.45, 7) is 14.4. The van der Waals surface area contributed by atoms with Crippen molar-refractivity contribution in [2.75, 3.05) is 44.3 Å². The summed E-state index contributed by atoms with van der Waals surface area (Å²) in [4.78, 5) is 21.8. The molecule has 1 fully saturated rings. The highest BCUT2D eigenvalue weighted by Gasteiger charge is 2.30. The first-order chi connectivity index (χ1) is 13.1. The van der Waals surface area contributed by atoms with Gasteiger partial charge >= 0.3 is 13.7 Å². The molecule has 0 radical (unpaired) electrons. The van der Waals surface area contributed by atoms with E-state index in [0.29, 0.717) is 39.4 Å².